The van der Waals surface area contributed by atoms with Gasteiger partial charge in [-0.15, -0.1) is 0 Å². The highest BCUT2D eigenvalue weighted by Crippen LogP contribution is 2.29. The highest BCUT2D eigenvalue weighted by Gasteiger charge is 2.39. The molecule has 0 radical (unpaired) electrons. The zero-order chi connectivity index (χ0) is 14.8. The summed E-state index contributed by atoms with van der Waals surface area (Å²) in [6.45, 7) is 0.965. The van der Waals surface area contributed by atoms with Crippen LogP contribution in [0.5, 0.6) is 0 Å². The number of benzene rings is 1. The van der Waals surface area contributed by atoms with Crippen molar-refractivity contribution in [2.24, 2.45) is 5.92 Å². The summed E-state index contributed by atoms with van der Waals surface area (Å²) in [7, 11) is 1.72. The largest absolute Gasteiger partial charge is 0.335 e. The third kappa shape index (κ3) is 2.94. The zero-order valence-electron chi connectivity index (χ0n) is 12.5. The van der Waals surface area contributed by atoms with Crippen molar-refractivity contribution >= 4 is 11.8 Å². The molecule has 0 unspecified atom stereocenters. The van der Waals surface area contributed by atoms with Gasteiger partial charge in [0.05, 0.1) is 6.54 Å². The lowest BCUT2D eigenvalue weighted by molar-refractivity contribution is -0.155. The van der Waals surface area contributed by atoms with E-state index in [1.54, 1.807) is 11.9 Å². The molecule has 2 amide bonds. The molecule has 2 aliphatic rings. The van der Waals surface area contributed by atoms with Crippen LogP contribution in [0, 0.1) is 5.92 Å². The number of hydrogen-bond donors (Lipinski definition) is 0. The van der Waals surface area contributed by atoms with Crippen LogP contribution in [0.1, 0.15) is 24.8 Å². The Morgan fingerprint density at radius 1 is 1.14 bits per heavy atom. The van der Waals surface area contributed by atoms with Gasteiger partial charge in [-0.05, 0) is 24.3 Å². The van der Waals surface area contributed by atoms with E-state index in [9.17, 15) is 9.59 Å². The molecule has 4 nitrogen and oxygen atoms in total. The molecule has 1 saturated carbocycles. The van der Waals surface area contributed by atoms with Gasteiger partial charge in [0.2, 0.25) is 11.8 Å². The van der Waals surface area contributed by atoms with Crippen molar-refractivity contribution in [2.45, 2.75) is 31.7 Å². The number of carbonyl (C=O) groups is 2. The van der Waals surface area contributed by atoms with Gasteiger partial charge in [0.25, 0.3) is 0 Å². The van der Waals surface area contributed by atoms with Gasteiger partial charge in [-0.25, -0.2) is 0 Å². The summed E-state index contributed by atoms with van der Waals surface area (Å²) in [6.07, 6.45) is 4.24. The summed E-state index contributed by atoms with van der Waals surface area (Å²) >= 11 is 0. The van der Waals surface area contributed by atoms with Gasteiger partial charge in [-0.2, -0.15) is 0 Å². The summed E-state index contributed by atoms with van der Waals surface area (Å²) in [5.41, 5.74) is 1.11. The molecule has 1 aliphatic carbocycles. The van der Waals surface area contributed by atoms with E-state index in [0.717, 1.165) is 12.1 Å². The van der Waals surface area contributed by atoms with E-state index in [1.807, 2.05) is 35.2 Å². The first-order valence-electron chi connectivity index (χ1n) is 7.73. The number of carbonyl (C=O) groups excluding carboxylic acids is 2. The lowest BCUT2D eigenvalue weighted by atomic mass is 9.84. The summed E-state index contributed by atoms with van der Waals surface area (Å²) < 4.78 is 0. The van der Waals surface area contributed by atoms with Crippen molar-refractivity contribution < 1.29 is 9.59 Å². The number of amides is 2. The Labute approximate surface area is 125 Å². The molecule has 1 aromatic carbocycles. The standard InChI is InChI=1S/C17H22N2O2/c1-18-12-16(20)19(11-14-8-5-9-14)15(17(18)21)10-13-6-3-2-4-7-13/h2-4,6-7,14-15H,5,8-12H2,1H3/t15-/m0/s1. The normalized spacial score (nSPS) is 23.4. The molecule has 0 bridgehead atoms. The summed E-state index contributed by atoms with van der Waals surface area (Å²) in [5.74, 6) is 0.742. The van der Waals surface area contributed by atoms with Gasteiger partial charge in [0.15, 0.2) is 0 Å². The van der Waals surface area contributed by atoms with Crippen molar-refractivity contribution in [2.75, 3.05) is 20.1 Å². The van der Waals surface area contributed by atoms with Gasteiger partial charge < -0.3 is 9.80 Å². The average molecular weight is 286 g/mol. The summed E-state index contributed by atoms with van der Waals surface area (Å²) in [5, 5.41) is 0. The topological polar surface area (TPSA) is 40.6 Å². The van der Waals surface area contributed by atoms with E-state index in [0.29, 0.717) is 12.3 Å². The first-order valence-corrected chi connectivity index (χ1v) is 7.73. The lowest BCUT2D eigenvalue weighted by Gasteiger charge is -2.42. The van der Waals surface area contributed by atoms with Crippen LogP contribution in [0.15, 0.2) is 30.3 Å². The van der Waals surface area contributed by atoms with E-state index in [-0.39, 0.29) is 24.4 Å². The van der Waals surface area contributed by atoms with Crippen LogP contribution in [-0.4, -0.2) is 47.8 Å². The first kappa shape index (κ1) is 14.1. The third-order valence-electron chi connectivity index (χ3n) is 4.68. The number of rotatable bonds is 4. The second-order valence-corrected chi connectivity index (χ2v) is 6.24. The molecule has 21 heavy (non-hydrogen) atoms. The summed E-state index contributed by atoms with van der Waals surface area (Å²) in [4.78, 5) is 28.3. The number of hydrogen-bond acceptors (Lipinski definition) is 2. The van der Waals surface area contributed by atoms with Gasteiger partial charge in [-0.3, -0.25) is 9.59 Å². The minimum atomic E-state index is -0.334. The van der Waals surface area contributed by atoms with Crippen molar-refractivity contribution in [3.8, 4) is 0 Å². The Kier molecular flexibility index (Phi) is 3.95. The Morgan fingerprint density at radius 2 is 1.86 bits per heavy atom. The molecule has 4 heteroatoms. The molecular formula is C17H22N2O2. The Hall–Kier alpha value is -1.84. The van der Waals surface area contributed by atoms with Crippen LogP contribution < -0.4 is 0 Å². The van der Waals surface area contributed by atoms with Crippen LogP contribution in [0.25, 0.3) is 0 Å². The molecule has 0 aromatic heterocycles. The number of nitrogens with zero attached hydrogens (tertiary/aromatic N) is 2. The van der Waals surface area contributed by atoms with E-state index in [2.05, 4.69) is 0 Å². The van der Waals surface area contributed by atoms with E-state index >= 15 is 0 Å². The maximum absolute atomic E-state index is 12.5. The zero-order valence-corrected chi connectivity index (χ0v) is 12.5. The number of piperazine rings is 1. The SMILES string of the molecule is CN1CC(=O)N(CC2CCC2)[C@@H](Cc2ccccc2)C1=O. The second-order valence-electron chi connectivity index (χ2n) is 6.24. The third-order valence-corrected chi connectivity index (χ3v) is 4.68. The highest BCUT2D eigenvalue weighted by molar-refractivity contribution is 5.94. The average Bonchev–Trinajstić information content (AvgIpc) is 2.43. The Balaban J connectivity index is 1.79. The molecule has 1 aliphatic heterocycles. The maximum Gasteiger partial charge on any atom is 0.245 e. The van der Waals surface area contributed by atoms with Crippen molar-refractivity contribution in [1.29, 1.82) is 0 Å². The highest BCUT2D eigenvalue weighted by atomic mass is 16.2. The van der Waals surface area contributed by atoms with Crippen molar-refractivity contribution in [3.63, 3.8) is 0 Å². The van der Waals surface area contributed by atoms with Gasteiger partial charge in [0, 0.05) is 20.0 Å². The van der Waals surface area contributed by atoms with Crippen LogP contribution in [0.3, 0.4) is 0 Å². The molecule has 1 heterocycles. The molecule has 1 atom stereocenters. The predicted octanol–water partition coefficient (Wildman–Crippen LogP) is 1.70. The molecule has 3 rings (SSSR count). The quantitative estimate of drug-likeness (QED) is 0.845. The second kappa shape index (κ2) is 5.88. The molecule has 0 N–H and O–H groups in total. The Morgan fingerprint density at radius 3 is 2.48 bits per heavy atom. The Bertz CT molecular complexity index is 525. The van der Waals surface area contributed by atoms with E-state index in [4.69, 9.17) is 0 Å². The smallest absolute Gasteiger partial charge is 0.245 e. The molecular weight excluding hydrogens is 264 g/mol. The minimum absolute atomic E-state index is 0.0674. The van der Waals surface area contributed by atoms with Gasteiger partial charge in [0.1, 0.15) is 6.04 Å². The van der Waals surface area contributed by atoms with E-state index < -0.39 is 0 Å². The van der Waals surface area contributed by atoms with Crippen LogP contribution in [-0.2, 0) is 16.0 Å². The molecule has 1 saturated heterocycles. The minimum Gasteiger partial charge on any atom is -0.335 e. The molecule has 2 fully saturated rings. The maximum atomic E-state index is 12.5. The summed E-state index contributed by atoms with van der Waals surface area (Å²) in [6, 6.07) is 9.63. The van der Waals surface area contributed by atoms with Crippen molar-refractivity contribution in [3.05, 3.63) is 35.9 Å². The van der Waals surface area contributed by atoms with E-state index in [1.165, 1.54) is 19.3 Å². The van der Waals surface area contributed by atoms with Crippen molar-refractivity contribution in [1.82, 2.24) is 9.80 Å². The molecule has 112 valence electrons. The molecule has 0 spiro atoms. The molecule has 1 aromatic rings. The number of likely N-dealkylation sites (N-methyl/N-ethyl adjacent to an activating group) is 1. The monoisotopic (exact) mass is 286 g/mol. The fraction of sp³-hybridized carbons (Fsp3) is 0.529. The van der Waals surface area contributed by atoms with Gasteiger partial charge in [-0.1, -0.05) is 36.8 Å². The predicted molar refractivity (Wildman–Crippen MR) is 80.6 cm³/mol. The van der Waals surface area contributed by atoms with Crippen LogP contribution in [0.4, 0.5) is 0 Å². The first-order chi connectivity index (χ1) is 10.1. The fourth-order valence-corrected chi connectivity index (χ4v) is 3.15. The van der Waals surface area contributed by atoms with Crippen LogP contribution >= 0.6 is 0 Å². The lowest BCUT2D eigenvalue weighted by Crippen LogP contribution is -2.60. The van der Waals surface area contributed by atoms with Gasteiger partial charge >= 0.3 is 0 Å². The fourth-order valence-electron chi connectivity index (χ4n) is 3.15. The van der Waals surface area contributed by atoms with Crippen LogP contribution in [0.2, 0.25) is 0 Å².